The summed E-state index contributed by atoms with van der Waals surface area (Å²) in [7, 11) is 0. The Morgan fingerprint density at radius 3 is 2.04 bits per heavy atom. The number of nitrogens with one attached hydrogen (secondary N) is 1. The average Bonchev–Trinajstić information content (AvgIpc) is 3.02. The van der Waals surface area contributed by atoms with E-state index in [1.807, 2.05) is 36.4 Å². The lowest BCUT2D eigenvalue weighted by atomic mass is 9.82. The predicted molar refractivity (Wildman–Crippen MR) is 168 cm³/mol. The van der Waals surface area contributed by atoms with Crippen molar-refractivity contribution >= 4 is 23.8 Å². The van der Waals surface area contributed by atoms with Crippen molar-refractivity contribution in [3.63, 3.8) is 0 Å². The highest BCUT2D eigenvalue weighted by Gasteiger charge is 2.49. The van der Waals surface area contributed by atoms with Crippen molar-refractivity contribution in [1.82, 2.24) is 5.32 Å². The van der Waals surface area contributed by atoms with Gasteiger partial charge in [0.25, 0.3) is 0 Å². The second kappa shape index (κ2) is 13.6. The summed E-state index contributed by atoms with van der Waals surface area (Å²) in [5.74, 6) is -0.366. The van der Waals surface area contributed by atoms with Crippen LogP contribution in [-0.2, 0) is 20.7 Å². The molecule has 3 aromatic rings. The maximum atomic E-state index is 13.7. The summed E-state index contributed by atoms with van der Waals surface area (Å²) in [6, 6.07) is 23.8. The Kier molecular flexibility index (Phi) is 9.68. The molecule has 0 saturated carbocycles. The molecule has 1 N–H and O–H groups in total. The Morgan fingerprint density at radius 1 is 0.844 bits per heavy atom. The Balaban J connectivity index is 1.26. The molecule has 0 spiro atoms. The highest BCUT2D eigenvalue weighted by atomic mass is 16.6. The van der Waals surface area contributed by atoms with Gasteiger partial charge in [0, 0.05) is 30.7 Å². The van der Waals surface area contributed by atoms with E-state index >= 15 is 0 Å². The van der Waals surface area contributed by atoms with Crippen molar-refractivity contribution in [2.24, 2.45) is 5.92 Å². The van der Waals surface area contributed by atoms with Gasteiger partial charge in [0.2, 0.25) is 5.78 Å². The first-order valence-corrected chi connectivity index (χ1v) is 15.5. The van der Waals surface area contributed by atoms with Gasteiger partial charge in [0.15, 0.2) is 6.10 Å². The molecule has 3 saturated heterocycles. The number of hydrogen-bond donors (Lipinski definition) is 1. The number of nitrogens with zero attached hydrogens (tertiary/aromatic N) is 1. The number of esters is 2. The minimum Gasteiger partial charge on any atom is -0.455 e. The fourth-order valence-electron chi connectivity index (χ4n) is 6.14. The second-order valence-electron chi connectivity index (χ2n) is 13.0. The number of amides is 1. The molecule has 45 heavy (non-hydrogen) atoms. The molecule has 0 aliphatic carbocycles. The summed E-state index contributed by atoms with van der Waals surface area (Å²) in [6.07, 6.45) is 0.810. The molecule has 2 atom stereocenters. The van der Waals surface area contributed by atoms with E-state index in [4.69, 9.17) is 14.2 Å². The van der Waals surface area contributed by atoms with Gasteiger partial charge in [-0.3, -0.25) is 4.79 Å². The Bertz CT molecular complexity index is 1490. The normalized spacial score (nSPS) is 21.3. The van der Waals surface area contributed by atoms with Gasteiger partial charge >= 0.3 is 18.0 Å². The lowest BCUT2D eigenvalue weighted by Crippen LogP contribution is -2.66. The molecule has 1 amide bonds. The lowest BCUT2D eigenvalue weighted by Gasteiger charge is -2.51. The van der Waals surface area contributed by atoms with E-state index in [0.29, 0.717) is 34.4 Å². The number of benzene rings is 3. The molecule has 3 aliphatic rings. The molecule has 6 rings (SSSR count). The SMILES string of the molecule is CC(C)(C)OC(=O)N[C@@H](Cc1ccc(OC(=O)c2ccccc2)cc1)C(=O)O[C@H]1C[N+]2(CC(=O)c3ccccc3)CCC1CC2. The highest BCUT2D eigenvalue weighted by molar-refractivity contribution is 5.97. The summed E-state index contributed by atoms with van der Waals surface area (Å²) in [4.78, 5) is 52.0. The molecular weight excluding hydrogens is 572 g/mol. The number of ketones is 1. The molecule has 9 nitrogen and oxygen atoms in total. The van der Waals surface area contributed by atoms with E-state index < -0.39 is 29.7 Å². The van der Waals surface area contributed by atoms with Crippen LogP contribution in [0.5, 0.6) is 5.75 Å². The van der Waals surface area contributed by atoms with Gasteiger partial charge in [-0.15, -0.1) is 0 Å². The van der Waals surface area contributed by atoms with Gasteiger partial charge in [-0.2, -0.15) is 0 Å². The first-order chi connectivity index (χ1) is 21.5. The monoisotopic (exact) mass is 613 g/mol. The highest BCUT2D eigenvalue weighted by Crippen LogP contribution is 2.36. The van der Waals surface area contributed by atoms with Crippen molar-refractivity contribution in [2.75, 3.05) is 26.2 Å². The topological polar surface area (TPSA) is 108 Å². The molecule has 3 fully saturated rings. The van der Waals surface area contributed by atoms with Crippen molar-refractivity contribution in [3.8, 4) is 5.75 Å². The van der Waals surface area contributed by atoms with Crippen LogP contribution in [0.15, 0.2) is 84.9 Å². The summed E-state index contributed by atoms with van der Waals surface area (Å²) in [6.45, 7) is 7.93. The second-order valence-corrected chi connectivity index (χ2v) is 13.0. The number of piperidine rings is 3. The number of rotatable bonds is 10. The molecule has 3 aliphatic heterocycles. The van der Waals surface area contributed by atoms with E-state index in [1.54, 1.807) is 69.3 Å². The molecule has 2 bridgehead atoms. The first kappa shape index (κ1) is 31.9. The fraction of sp³-hybridized carbons (Fsp3) is 0.389. The Hall–Kier alpha value is -4.50. The van der Waals surface area contributed by atoms with Crippen molar-refractivity contribution in [2.45, 2.75) is 57.8 Å². The van der Waals surface area contributed by atoms with Crippen LogP contribution in [0.25, 0.3) is 0 Å². The molecule has 236 valence electrons. The fourth-order valence-corrected chi connectivity index (χ4v) is 6.14. The average molecular weight is 614 g/mol. The summed E-state index contributed by atoms with van der Waals surface area (Å²) in [5, 5.41) is 2.71. The van der Waals surface area contributed by atoms with E-state index in [1.165, 1.54) is 0 Å². The number of ether oxygens (including phenoxy) is 3. The molecular formula is C36H41N2O7+. The van der Waals surface area contributed by atoms with Crippen molar-refractivity contribution in [3.05, 3.63) is 102 Å². The Morgan fingerprint density at radius 2 is 1.44 bits per heavy atom. The van der Waals surface area contributed by atoms with Crippen LogP contribution in [0.1, 0.15) is 59.9 Å². The Labute approximate surface area is 264 Å². The molecule has 0 aromatic heterocycles. The van der Waals surface area contributed by atoms with Gasteiger partial charge in [0.05, 0.1) is 18.7 Å². The van der Waals surface area contributed by atoms with Crippen molar-refractivity contribution < 1.29 is 37.9 Å². The van der Waals surface area contributed by atoms with Crippen molar-refractivity contribution in [1.29, 1.82) is 0 Å². The zero-order valence-electron chi connectivity index (χ0n) is 26.1. The number of carbonyl (C=O) groups excluding carboxylic acids is 4. The van der Waals surface area contributed by atoms with Crippen LogP contribution in [0, 0.1) is 5.92 Å². The molecule has 3 aromatic carbocycles. The number of quaternary nitrogens is 1. The standard InChI is InChI=1S/C36H40N2O7/c1-36(2,3)45-35(42)37-30(22-25-14-16-29(17-15-25)43-33(40)28-12-8-5-9-13-28)34(41)44-32-24-38(20-18-27(32)19-21-38)23-31(39)26-10-6-4-7-11-26/h4-17,27,30,32H,18-24H2,1-3H3/p+1/t27?,30-,32-,38?/m0/s1. The summed E-state index contributed by atoms with van der Waals surface area (Å²) < 4.78 is 17.6. The van der Waals surface area contributed by atoms with Crippen LogP contribution < -0.4 is 10.1 Å². The number of fused-ring (bicyclic) bond motifs is 3. The molecule has 9 heteroatoms. The van der Waals surface area contributed by atoms with Crippen LogP contribution in [0.4, 0.5) is 4.79 Å². The van der Waals surface area contributed by atoms with E-state index in [2.05, 4.69) is 5.32 Å². The summed E-state index contributed by atoms with van der Waals surface area (Å²) in [5.41, 5.74) is 1.11. The summed E-state index contributed by atoms with van der Waals surface area (Å²) >= 11 is 0. The van der Waals surface area contributed by atoms with Gasteiger partial charge in [-0.1, -0.05) is 60.7 Å². The number of alkyl carbamates (subject to hydrolysis) is 1. The number of Topliss-reactive ketones (excluding diaryl/α,β-unsaturated/α-hetero) is 1. The third kappa shape index (κ3) is 8.57. The van der Waals surface area contributed by atoms with E-state index in [0.717, 1.165) is 31.5 Å². The third-order valence-electron chi connectivity index (χ3n) is 8.44. The molecule has 0 unspecified atom stereocenters. The van der Waals surface area contributed by atoms with Gasteiger partial charge in [-0.25, -0.2) is 14.4 Å². The maximum Gasteiger partial charge on any atom is 0.408 e. The third-order valence-corrected chi connectivity index (χ3v) is 8.44. The van der Waals surface area contributed by atoms with Gasteiger partial charge < -0.3 is 24.0 Å². The number of hydrogen-bond acceptors (Lipinski definition) is 7. The van der Waals surface area contributed by atoms with Crippen LogP contribution in [0.3, 0.4) is 0 Å². The number of carbonyl (C=O) groups is 4. The quantitative estimate of drug-likeness (QED) is 0.142. The van der Waals surface area contributed by atoms with Gasteiger partial charge in [-0.05, 0) is 50.6 Å². The van der Waals surface area contributed by atoms with Crippen LogP contribution >= 0.6 is 0 Å². The van der Waals surface area contributed by atoms with E-state index in [9.17, 15) is 19.2 Å². The minimum absolute atomic E-state index is 0.0865. The minimum atomic E-state index is -1.01. The first-order valence-electron chi connectivity index (χ1n) is 15.5. The van der Waals surface area contributed by atoms with Gasteiger partial charge in [0.1, 0.15) is 30.5 Å². The molecule has 0 radical (unpaired) electrons. The maximum absolute atomic E-state index is 13.7. The lowest BCUT2D eigenvalue weighted by molar-refractivity contribution is -0.938. The predicted octanol–water partition coefficient (Wildman–Crippen LogP) is 5.38. The van der Waals surface area contributed by atoms with Crippen LogP contribution in [0.2, 0.25) is 0 Å². The van der Waals surface area contributed by atoms with E-state index in [-0.39, 0.29) is 24.2 Å². The largest absolute Gasteiger partial charge is 0.455 e. The van der Waals surface area contributed by atoms with Crippen LogP contribution in [-0.4, -0.2) is 72.2 Å². The molecule has 3 heterocycles. The smallest absolute Gasteiger partial charge is 0.408 e. The zero-order chi connectivity index (χ0) is 32.0. The zero-order valence-corrected chi connectivity index (χ0v) is 26.1.